The van der Waals surface area contributed by atoms with Gasteiger partial charge < -0.3 is 15.4 Å². The molecule has 0 atom stereocenters. The lowest BCUT2D eigenvalue weighted by Gasteiger charge is -2.09. The number of benzene rings is 1. The maximum Gasteiger partial charge on any atom is 0.337 e. The lowest BCUT2D eigenvalue weighted by atomic mass is 10.1. The number of anilines is 1. The van der Waals surface area contributed by atoms with Gasteiger partial charge in [0.25, 0.3) is 11.8 Å². The highest BCUT2D eigenvalue weighted by atomic mass is 16.5. The zero-order chi connectivity index (χ0) is 19.1. The molecule has 0 fully saturated rings. The number of methoxy groups -OCH3 is 1. The Labute approximate surface area is 151 Å². The van der Waals surface area contributed by atoms with Crippen LogP contribution in [0.15, 0.2) is 42.6 Å². The molecule has 0 aliphatic carbocycles. The van der Waals surface area contributed by atoms with Crippen molar-refractivity contribution in [2.75, 3.05) is 19.0 Å². The average Bonchev–Trinajstić information content (AvgIpc) is 2.65. The Morgan fingerprint density at radius 2 is 1.85 bits per heavy atom. The van der Waals surface area contributed by atoms with Crippen LogP contribution < -0.4 is 10.6 Å². The van der Waals surface area contributed by atoms with Gasteiger partial charge in [0.1, 0.15) is 5.69 Å². The molecule has 1 heterocycles. The summed E-state index contributed by atoms with van der Waals surface area (Å²) in [5.74, 6) is -0.915. The van der Waals surface area contributed by atoms with Crippen molar-refractivity contribution < 1.29 is 19.1 Å². The van der Waals surface area contributed by atoms with Crippen LogP contribution >= 0.6 is 0 Å². The van der Waals surface area contributed by atoms with Gasteiger partial charge in [-0.05, 0) is 36.2 Å². The third-order valence-corrected chi connectivity index (χ3v) is 3.47. The average molecular weight is 355 g/mol. The van der Waals surface area contributed by atoms with E-state index in [9.17, 15) is 14.4 Å². The molecule has 0 saturated carbocycles. The van der Waals surface area contributed by atoms with E-state index in [0.717, 1.165) is 0 Å². The van der Waals surface area contributed by atoms with Gasteiger partial charge in [-0.2, -0.15) is 0 Å². The van der Waals surface area contributed by atoms with Crippen LogP contribution in [-0.2, 0) is 4.74 Å². The topological polar surface area (TPSA) is 97.4 Å². The largest absolute Gasteiger partial charge is 0.465 e. The Morgan fingerprint density at radius 3 is 2.54 bits per heavy atom. The number of rotatable bonds is 6. The van der Waals surface area contributed by atoms with Gasteiger partial charge in [0, 0.05) is 24.0 Å². The number of ether oxygens (including phenoxy) is 1. The van der Waals surface area contributed by atoms with Gasteiger partial charge in [-0.25, -0.2) is 4.79 Å². The number of carbonyl (C=O) groups is 3. The summed E-state index contributed by atoms with van der Waals surface area (Å²) in [5.41, 5.74) is 1.20. The van der Waals surface area contributed by atoms with Gasteiger partial charge in [-0.1, -0.05) is 19.9 Å². The lowest BCUT2D eigenvalue weighted by molar-refractivity contribution is 0.0600. The molecule has 2 aromatic rings. The molecule has 1 aromatic heterocycles. The molecule has 2 amide bonds. The molecule has 2 N–H and O–H groups in total. The summed E-state index contributed by atoms with van der Waals surface area (Å²) in [6, 6.07) is 9.33. The van der Waals surface area contributed by atoms with Crippen molar-refractivity contribution in [3.8, 4) is 0 Å². The number of nitrogens with one attached hydrogen (secondary N) is 2. The van der Waals surface area contributed by atoms with Gasteiger partial charge in [-0.3, -0.25) is 14.6 Å². The molecular weight excluding hydrogens is 334 g/mol. The minimum absolute atomic E-state index is 0.102. The summed E-state index contributed by atoms with van der Waals surface area (Å²) >= 11 is 0. The van der Waals surface area contributed by atoms with Crippen LogP contribution in [0.1, 0.15) is 45.1 Å². The SMILES string of the molecule is COC(=O)c1cccc(NC(=O)c2cc(C(=O)NCC(C)C)ccn2)c1. The zero-order valence-corrected chi connectivity index (χ0v) is 14.9. The predicted molar refractivity (Wildman–Crippen MR) is 97.1 cm³/mol. The van der Waals surface area contributed by atoms with Gasteiger partial charge >= 0.3 is 5.97 Å². The highest BCUT2D eigenvalue weighted by Gasteiger charge is 2.13. The Morgan fingerprint density at radius 1 is 1.08 bits per heavy atom. The van der Waals surface area contributed by atoms with E-state index >= 15 is 0 Å². The van der Waals surface area contributed by atoms with Crippen LogP contribution in [0, 0.1) is 5.92 Å². The number of hydrogen-bond donors (Lipinski definition) is 2. The Balaban J connectivity index is 2.12. The number of amides is 2. The molecule has 0 saturated heterocycles. The first-order chi connectivity index (χ1) is 12.4. The molecule has 0 aliphatic rings. The molecule has 0 aliphatic heterocycles. The van der Waals surface area contributed by atoms with E-state index in [1.807, 2.05) is 13.8 Å². The fourth-order valence-corrected chi connectivity index (χ4v) is 2.13. The molecule has 1 aromatic carbocycles. The van der Waals surface area contributed by atoms with Crippen molar-refractivity contribution in [2.24, 2.45) is 5.92 Å². The summed E-state index contributed by atoms with van der Waals surface area (Å²) in [6.07, 6.45) is 1.41. The first kappa shape index (κ1) is 19.1. The number of carbonyl (C=O) groups excluding carboxylic acids is 3. The third kappa shape index (κ3) is 5.14. The van der Waals surface area contributed by atoms with Crippen molar-refractivity contribution >= 4 is 23.5 Å². The first-order valence-corrected chi connectivity index (χ1v) is 8.14. The van der Waals surface area contributed by atoms with Crippen LogP contribution in [0.3, 0.4) is 0 Å². The normalized spacial score (nSPS) is 10.3. The first-order valence-electron chi connectivity index (χ1n) is 8.14. The number of aromatic nitrogens is 1. The van der Waals surface area contributed by atoms with E-state index in [4.69, 9.17) is 0 Å². The number of hydrogen-bond acceptors (Lipinski definition) is 5. The maximum atomic E-state index is 12.4. The fourth-order valence-electron chi connectivity index (χ4n) is 2.13. The summed E-state index contributed by atoms with van der Waals surface area (Å²) in [6.45, 7) is 4.53. The molecule has 7 heteroatoms. The van der Waals surface area contributed by atoms with Crippen molar-refractivity contribution in [2.45, 2.75) is 13.8 Å². The summed E-state index contributed by atoms with van der Waals surface area (Å²) in [7, 11) is 1.29. The standard InChI is InChI=1S/C19H21N3O4/c1-12(2)11-21-17(23)13-7-8-20-16(10-13)18(24)22-15-6-4-5-14(9-15)19(25)26-3/h4-10,12H,11H2,1-3H3,(H,21,23)(H,22,24). The van der Waals surface area contributed by atoms with E-state index in [1.165, 1.54) is 25.4 Å². The van der Waals surface area contributed by atoms with Crippen LogP contribution in [-0.4, -0.2) is 36.4 Å². The van der Waals surface area contributed by atoms with E-state index < -0.39 is 11.9 Å². The molecule has 7 nitrogen and oxygen atoms in total. The monoisotopic (exact) mass is 355 g/mol. The van der Waals surface area contributed by atoms with Crippen molar-refractivity contribution in [1.29, 1.82) is 0 Å². The minimum Gasteiger partial charge on any atom is -0.465 e. The highest BCUT2D eigenvalue weighted by Crippen LogP contribution is 2.13. The summed E-state index contributed by atoms with van der Waals surface area (Å²) < 4.78 is 4.65. The van der Waals surface area contributed by atoms with Gasteiger partial charge in [-0.15, -0.1) is 0 Å². The minimum atomic E-state index is -0.497. The Hall–Kier alpha value is -3.22. The zero-order valence-electron chi connectivity index (χ0n) is 14.9. The quantitative estimate of drug-likeness (QED) is 0.776. The van der Waals surface area contributed by atoms with E-state index in [0.29, 0.717) is 29.3 Å². The lowest BCUT2D eigenvalue weighted by Crippen LogP contribution is -2.27. The van der Waals surface area contributed by atoms with E-state index in [1.54, 1.807) is 24.3 Å². The number of esters is 1. The van der Waals surface area contributed by atoms with Gasteiger partial charge in [0.15, 0.2) is 0 Å². The van der Waals surface area contributed by atoms with Gasteiger partial charge in [0.2, 0.25) is 0 Å². The maximum absolute atomic E-state index is 12.4. The second kappa shape index (κ2) is 8.75. The van der Waals surface area contributed by atoms with Crippen LogP contribution in [0.4, 0.5) is 5.69 Å². The molecule has 136 valence electrons. The molecule has 0 bridgehead atoms. The summed E-state index contributed by atoms with van der Waals surface area (Å²) in [4.78, 5) is 40.1. The second-order valence-electron chi connectivity index (χ2n) is 6.06. The van der Waals surface area contributed by atoms with E-state index in [-0.39, 0.29) is 11.6 Å². The Kier molecular flexibility index (Phi) is 6.43. The Bertz CT molecular complexity index is 818. The van der Waals surface area contributed by atoms with Crippen molar-refractivity contribution in [1.82, 2.24) is 10.3 Å². The highest BCUT2D eigenvalue weighted by molar-refractivity contribution is 6.05. The number of nitrogens with zero attached hydrogens (tertiary/aromatic N) is 1. The van der Waals surface area contributed by atoms with Gasteiger partial charge in [0.05, 0.1) is 12.7 Å². The van der Waals surface area contributed by atoms with Crippen LogP contribution in [0.25, 0.3) is 0 Å². The smallest absolute Gasteiger partial charge is 0.337 e. The summed E-state index contributed by atoms with van der Waals surface area (Å²) in [5, 5.41) is 5.44. The predicted octanol–water partition coefficient (Wildman–Crippen LogP) is 2.51. The van der Waals surface area contributed by atoms with Crippen LogP contribution in [0.5, 0.6) is 0 Å². The fraction of sp³-hybridized carbons (Fsp3) is 0.263. The molecule has 0 spiro atoms. The number of pyridine rings is 1. The molecule has 2 rings (SSSR count). The molecule has 0 unspecified atom stereocenters. The van der Waals surface area contributed by atoms with Crippen molar-refractivity contribution in [3.63, 3.8) is 0 Å². The van der Waals surface area contributed by atoms with E-state index in [2.05, 4.69) is 20.4 Å². The van der Waals surface area contributed by atoms with Crippen LogP contribution in [0.2, 0.25) is 0 Å². The second-order valence-corrected chi connectivity index (χ2v) is 6.06. The third-order valence-electron chi connectivity index (χ3n) is 3.47. The van der Waals surface area contributed by atoms with Crippen molar-refractivity contribution in [3.05, 3.63) is 59.4 Å². The molecule has 26 heavy (non-hydrogen) atoms. The molecule has 0 radical (unpaired) electrons. The molecular formula is C19H21N3O4.